The van der Waals surface area contributed by atoms with Crippen molar-refractivity contribution >= 4 is 38.0 Å². The highest BCUT2D eigenvalue weighted by Crippen LogP contribution is 2.43. The Labute approximate surface area is 170 Å². The first-order valence-corrected chi connectivity index (χ1v) is 10.5. The lowest BCUT2D eigenvalue weighted by Gasteiger charge is -2.29. The molecule has 0 heterocycles. The Morgan fingerprint density at radius 1 is 0.586 bits per heavy atom. The first kappa shape index (κ1) is 16.6. The predicted molar refractivity (Wildman–Crippen MR) is 125 cm³/mol. The highest BCUT2D eigenvalue weighted by atomic mass is 14.6. The summed E-state index contributed by atoms with van der Waals surface area (Å²) in [6.45, 7) is 0. The van der Waals surface area contributed by atoms with E-state index in [1.807, 2.05) is 0 Å². The van der Waals surface area contributed by atoms with Crippen LogP contribution in [0.5, 0.6) is 0 Å². The maximum absolute atomic E-state index is 6.69. The summed E-state index contributed by atoms with van der Waals surface area (Å²) in [7, 11) is 0. The first-order valence-electron chi connectivity index (χ1n) is 10.5. The predicted octanol–water partition coefficient (Wildman–Crippen LogP) is 7.20. The molecular formula is C28H23N. The summed E-state index contributed by atoms with van der Waals surface area (Å²) in [4.78, 5) is 0. The summed E-state index contributed by atoms with van der Waals surface area (Å²) >= 11 is 0. The number of nitrogens with two attached hydrogens (primary N) is 1. The average molecular weight is 373 g/mol. The summed E-state index contributed by atoms with van der Waals surface area (Å²) in [5.74, 6) is 0.374. The second kappa shape index (κ2) is 6.35. The third kappa shape index (κ3) is 2.47. The molecule has 2 N–H and O–H groups in total. The van der Waals surface area contributed by atoms with Gasteiger partial charge in [-0.1, -0.05) is 84.9 Å². The topological polar surface area (TPSA) is 26.0 Å². The van der Waals surface area contributed by atoms with E-state index in [2.05, 4.69) is 84.9 Å². The summed E-state index contributed by atoms with van der Waals surface area (Å²) in [5.41, 5.74) is 11.9. The Kier molecular flexibility index (Phi) is 3.64. The molecule has 1 atom stereocenters. The molecule has 0 bridgehead atoms. The number of hydrogen-bond donors (Lipinski definition) is 1. The molecule has 6 rings (SSSR count). The Hall–Kier alpha value is -3.32. The molecule has 1 aliphatic carbocycles. The fourth-order valence-corrected chi connectivity index (χ4v) is 5.35. The SMILES string of the molecule is Nc1c([C@@H]2CCCc3c2ccc2c3ccc3ccccc32)ccc2ccccc12. The second-order valence-electron chi connectivity index (χ2n) is 8.25. The van der Waals surface area contributed by atoms with Crippen LogP contribution >= 0.6 is 0 Å². The summed E-state index contributed by atoms with van der Waals surface area (Å²) < 4.78 is 0. The molecule has 0 saturated carbocycles. The van der Waals surface area contributed by atoms with Gasteiger partial charge in [-0.3, -0.25) is 0 Å². The van der Waals surface area contributed by atoms with Crippen LogP contribution in [-0.4, -0.2) is 0 Å². The molecule has 140 valence electrons. The van der Waals surface area contributed by atoms with Crippen LogP contribution in [-0.2, 0) is 6.42 Å². The normalized spacial score (nSPS) is 16.3. The largest absolute Gasteiger partial charge is 0.398 e. The van der Waals surface area contributed by atoms with Crippen LogP contribution in [0, 0.1) is 0 Å². The lowest BCUT2D eigenvalue weighted by atomic mass is 9.76. The van der Waals surface area contributed by atoms with E-state index in [1.54, 1.807) is 0 Å². The van der Waals surface area contributed by atoms with Crippen LogP contribution in [0.1, 0.15) is 35.4 Å². The highest BCUT2D eigenvalue weighted by molar-refractivity contribution is 6.09. The molecule has 5 aromatic carbocycles. The number of benzene rings is 5. The summed E-state index contributed by atoms with van der Waals surface area (Å²) in [6, 6.07) is 30.9. The van der Waals surface area contributed by atoms with Gasteiger partial charge < -0.3 is 5.73 Å². The van der Waals surface area contributed by atoms with Crippen molar-refractivity contribution in [2.75, 3.05) is 5.73 Å². The van der Waals surface area contributed by atoms with E-state index in [0.29, 0.717) is 5.92 Å². The second-order valence-corrected chi connectivity index (χ2v) is 8.25. The molecule has 1 nitrogen and oxygen atoms in total. The Morgan fingerprint density at radius 3 is 2.10 bits per heavy atom. The molecule has 0 amide bonds. The molecule has 0 saturated heterocycles. The molecule has 29 heavy (non-hydrogen) atoms. The van der Waals surface area contributed by atoms with Crippen molar-refractivity contribution < 1.29 is 0 Å². The van der Waals surface area contributed by atoms with Gasteiger partial charge in [0.2, 0.25) is 0 Å². The molecule has 0 spiro atoms. The molecule has 0 aromatic heterocycles. The van der Waals surface area contributed by atoms with Gasteiger partial charge >= 0.3 is 0 Å². The van der Waals surface area contributed by atoms with E-state index in [4.69, 9.17) is 5.73 Å². The van der Waals surface area contributed by atoms with Gasteiger partial charge in [-0.15, -0.1) is 0 Å². The van der Waals surface area contributed by atoms with Gasteiger partial charge in [-0.2, -0.15) is 0 Å². The third-order valence-electron chi connectivity index (χ3n) is 6.75. The van der Waals surface area contributed by atoms with Gasteiger partial charge in [0.05, 0.1) is 0 Å². The quantitative estimate of drug-likeness (QED) is 0.244. The standard InChI is InChI=1S/C28H23N/c29-28-21-9-4-2-7-19(21)13-15-27(28)23-11-5-10-22-25-14-12-18-6-1-3-8-20(18)24(25)16-17-26(22)23/h1-4,6-9,12-17,23H,5,10-11,29H2/t23-/m1/s1. The minimum atomic E-state index is 0.374. The Morgan fingerprint density at radius 2 is 1.24 bits per heavy atom. The zero-order valence-corrected chi connectivity index (χ0v) is 16.4. The monoisotopic (exact) mass is 373 g/mol. The van der Waals surface area contributed by atoms with E-state index in [-0.39, 0.29) is 0 Å². The lowest BCUT2D eigenvalue weighted by molar-refractivity contribution is 0.621. The number of nitrogen functional groups attached to an aromatic ring is 1. The van der Waals surface area contributed by atoms with Crippen molar-refractivity contribution in [3.05, 3.63) is 102 Å². The van der Waals surface area contributed by atoms with Crippen molar-refractivity contribution in [1.82, 2.24) is 0 Å². The minimum Gasteiger partial charge on any atom is -0.398 e. The zero-order chi connectivity index (χ0) is 19.4. The van der Waals surface area contributed by atoms with Crippen LogP contribution in [0.4, 0.5) is 5.69 Å². The van der Waals surface area contributed by atoms with Gasteiger partial charge in [0.1, 0.15) is 0 Å². The number of anilines is 1. The lowest BCUT2D eigenvalue weighted by Crippen LogP contribution is -2.13. The number of aryl methyl sites for hydroxylation is 1. The first-order chi connectivity index (χ1) is 14.3. The summed E-state index contributed by atoms with van der Waals surface area (Å²) in [5, 5.41) is 7.82. The van der Waals surface area contributed by atoms with E-state index < -0.39 is 0 Å². The molecule has 0 radical (unpaired) electrons. The maximum Gasteiger partial charge on any atom is 0.0432 e. The van der Waals surface area contributed by atoms with Gasteiger partial charge in [0, 0.05) is 17.0 Å². The van der Waals surface area contributed by atoms with Crippen molar-refractivity contribution in [1.29, 1.82) is 0 Å². The zero-order valence-electron chi connectivity index (χ0n) is 16.4. The molecule has 0 fully saturated rings. The van der Waals surface area contributed by atoms with Crippen molar-refractivity contribution in [2.24, 2.45) is 0 Å². The molecule has 0 unspecified atom stereocenters. The van der Waals surface area contributed by atoms with Crippen molar-refractivity contribution in [3.8, 4) is 0 Å². The maximum atomic E-state index is 6.69. The van der Waals surface area contributed by atoms with Crippen LogP contribution in [0.2, 0.25) is 0 Å². The van der Waals surface area contributed by atoms with Crippen LogP contribution < -0.4 is 5.73 Å². The Bertz CT molecular complexity index is 1400. The fourth-order valence-electron chi connectivity index (χ4n) is 5.35. The molecule has 0 aliphatic heterocycles. The minimum absolute atomic E-state index is 0.374. The van der Waals surface area contributed by atoms with Gasteiger partial charge in [0.15, 0.2) is 0 Å². The van der Waals surface area contributed by atoms with E-state index in [0.717, 1.165) is 18.5 Å². The summed E-state index contributed by atoms with van der Waals surface area (Å²) in [6.07, 6.45) is 3.51. The van der Waals surface area contributed by atoms with Gasteiger partial charge in [-0.25, -0.2) is 0 Å². The highest BCUT2D eigenvalue weighted by Gasteiger charge is 2.25. The fraction of sp³-hybridized carbons (Fsp3) is 0.143. The van der Waals surface area contributed by atoms with Crippen molar-refractivity contribution in [3.63, 3.8) is 0 Å². The van der Waals surface area contributed by atoms with Crippen LogP contribution in [0.3, 0.4) is 0 Å². The smallest absolute Gasteiger partial charge is 0.0432 e. The average Bonchev–Trinajstić information content (AvgIpc) is 2.79. The van der Waals surface area contributed by atoms with E-state index >= 15 is 0 Å². The van der Waals surface area contributed by atoms with Gasteiger partial charge in [0.25, 0.3) is 0 Å². The number of fused-ring (bicyclic) bond motifs is 6. The molecular weight excluding hydrogens is 350 g/mol. The number of rotatable bonds is 1. The molecule has 1 heteroatoms. The van der Waals surface area contributed by atoms with Crippen molar-refractivity contribution in [2.45, 2.75) is 25.2 Å². The van der Waals surface area contributed by atoms with Crippen LogP contribution in [0.15, 0.2) is 84.9 Å². The third-order valence-corrected chi connectivity index (χ3v) is 6.75. The van der Waals surface area contributed by atoms with E-state index in [1.165, 1.54) is 55.4 Å². The molecule has 5 aromatic rings. The molecule has 1 aliphatic rings. The Balaban J connectivity index is 1.58. The number of hydrogen-bond acceptors (Lipinski definition) is 1. The van der Waals surface area contributed by atoms with E-state index in [9.17, 15) is 0 Å². The van der Waals surface area contributed by atoms with Gasteiger partial charge in [-0.05, 0) is 62.9 Å². The van der Waals surface area contributed by atoms with Crippen LogP contribution in [0.25, 0.3) is 32.3 Å².